The third-order valence-corrected chi connectivity index (χ3v) is 12.3. The third-order valence-electron chi connectivity index (χ3n) is 12.3. The standard InChI is InChI=1S/C31H22F3N3O3.C24H18F3N3O3.C7H6O.C2H6O/c32-25-15-21(16-26(33)28(25)34)18-37-13-5-9-23(31(37)40)29(38)35-12-4-8-20-10-11-22-24(30(39)36-27(22)17-20)14-19-6-2-1-3-7-19;25-18-9-15(10-19(26)22(18)27)13-30-8-2-4-17(24(30)33)23(32)28-7-1-3-14-5-6-16-12-21(31)29-20(16)11-14;8-6-7-4-2-1-3-5-7;1-2-3/h1-11,13-17H,12,18H2,(H,35,38)(H,36,39);1-6,8-11H,7,12-13H2,(H,28,32)(H,29,31);1-6H;3H,2H2,1H3/b8-4+,24-14+;3-1+;;. The number of nitrogens with zero attached hydrogens (tertiary/aromatic N) is 2. The number of hydrogen-bond donors (Lipinski definition) is 5. The summed E-state index contributed by atoms with van der Waals surface area (Å²) in [5.74, 6) is -10.1. The lowest BCUT2D eigenvalue weighted by Crippen LogP contribution is -2.33. The molecule has 0 saturated heterocycles. The van der Waals surface area contributed by atoms with Crippen molar-refractivity contribution in [1.29, 1.82) is 0 Å². The van der Waals surface area contributed by atoms with Gasteiger partial charge in [-0.15, -0.1) is 0 Å². The van der Waals surface area contributed by atoms with Gasteiger partial charge in [0.25, 0.3) is 28.8 Å². The molecule has 0 radical (unpaired) electrons. The SMILES string of the molecule is CCO.O=C1Cc2ccc(/C=C/CNC(=O)c3cccn(Cc4cc(F)c(F)c(F)c4)c3=O)cc2N1.O=C1Nc2cc(/C=C/CNC(=O)c3cccn(Cc4cc(F)c(F)c(F)c4)c3=O)ccc2/C1=C\c1ccccc1.O=Cc1ccccc1. The second-order valence-corrected chi connectivity index (χ2v) is 18.4. The molecule has 0 spiro atoms. The van der Waals surface area contributed by atoms with Crippen molar-refractivity contribution in [3.8, 4) is 0 Å². The summed E-state index contributed by atoms with van der Waals surface area (Å²) < 4.78 is 82.5. The lowest BCUT2D eigenvalue weighted by Gasteiger charge is -2.09. The Labute approximate surface area is 476 Å². The Morgan fingerprint density at radius 1 is 0.560 bits per heavy atom. The lowest BCUT2D eigenvalue weighted by molar-refractivity contribution is -0.115. The minimum atomic E-state index is -1.59. The minimum absolute atomic E-state index is 0.0344. The fourth-order valence-corrected chi connectivity index (χ4v) is 8.39. The zero-order valence-corrected chi connectivity index (χ0v) is 44.7. The highest BCUT2D eigenvalue weighted by Crippen LogP contribution is 2.34. The van der Waals surface area contributed by atoms with Gasteiger partial charge in [0.1, 0.15) is 17.4 Å². The number of fused-ring (bicyclic) bond motifs is 2. The van der Waals surface area contributed by atoms with Crippen molar-refractivity contribution < 1.29 is 55.4 Å². The molecule has 0 bridgehead atoms. The molecule has 4 heterocycles. The van der Waals surface area contributed by atoms with Crippen molar-refractivity contribution in [2.24, 2.45) is 0 Å². The molecule has 10 rings (SSSR count). The zero-order valence-electron chi connectivity index (χ0n) is 44.7. The molecule has 6 aromatic carbocycles. The van der Waals surface area contributed by atoms with Crippen LogP contribution in [-0.2, 0) is 29.1 Å². The average Bonchev–Trinajstić information content (AvgIpc) is 3.80. The first-order valence-electron chi connectivity index (χ1n) is 25.8. The number of aromatic nitrogens is 2. The summed E-state index contributed by atoms with van der Waals surface area (Å²) in [7, 11) is 0. The molecule has 4 amide bonds. The number of hydrogen-bond acceptors (Lipinski definition) is 8. The predicted molar refractivity (Wildman–Crippen MR) is 308 cm³/mol. The first-order chi connectivity index (χ1) is 40.5. The summed E-state index contributed by atoms with van der Waals surface area (Å²) in [5, 5.41) is 18.4. The molecule has 0 saturated carbocycles. The fraction of sp³-hybridized carbons (Fsp3) is 0.109. The highest BCUT2D eigenvalue weighted by molar-refractivity contribution is 6.35. The molecule has 0 aliphatic carbocycles. The van der Waals surface area contributed by atoms with E-state index in [4.69, 9.17) is 5.11 Å². The van der Waals surface area contributed by atoms with E-state index in [1.807, 2.05) is 91.0 Å². The predicted octanol–water partition coefficient (Wildman–Crippen LogP) is 10.00. The van der Waals surface area contributed by atoms with Crippen LogP contribution in [-0.4, -0.2) is 63.9 Å². The van der Waals surface area contributed by atoms with Crippen LogP contribution in [0.1, 0.15) is 76.9 Å². The van der Waals surface area contributed by atoms with Gasteiger partial charge in [0.15, 0.2) is 34.9 Å². The summed E-state index contributed by atoms with van der Waals surface area (Å²) in [6.45, 7) is 1.71. The van der Waals surface area contributed by atoms with Crippen LogP contribution < -0.4 is 32.4 Å². The van der Waals surface area contributed by atoms with E-state index in [0.717, 1.165) is 78.8 Å². The summed E-state index contributed by atoms with van der Waals surface area (Å²) in [6, 6.07) is 38.5. The van der Waals surface area contributed by atoms with Crippen molar-refractivity contribution in [2.45, 2.75) is 26.4 Å². The summed E-state index contributed by atoms with van der Waals surface area (Å²) in [5.41, 5.74) is 5.49. The average molecular weight is 1150 g/mol. The van der Waals surface area contributed by atoms with Crippen molar-refractivity contribution in [3.05, 3.63) is 281 Å². The number of halogens is 6. The minimum Gasteiger partial charge on any atom is -0.397 e. The van der Waals surface area contributed by atoms with E-state index in [1.165, 1.54) is 36.7 Å². The Kier molecular flexibility index (Phi) is 21.3. The maximum atomic E-state index is 13.5. The fourth-order valence-electron chi connectivity index (χ4n) is 8.39. The molecule has 5 N–H and O–H groups in total. The van der Waals surface area contributed by atoms with Crippen LogP contribution in [0.25, 0.3) is 23.8 Å². The van der Waals surface area contributed by atoms with Crippen molar-refractivity contribution in [1.82, 2.24) is 19.8 Å². The van der Waals surface area contributed by atoms with Crippen LogP contribution in [0.2, 0.25) is 0 Å². The number of rotatable bonds is 14. The van der Waals surface area contributed by atoms with Gasteiger partial charge < -0.3 is 35.5 Å². The number of aliphatic hydroxyl groups is 1. The molecular weight excluding hydrogens is 1090 g/mol. The van der Waals surface area contributed by atoms with E-state index in [2.05, 4.69) is 21.3 Å². The monoisotopic (exact) mass is 1150 g/mol. The largest absolute Gasteiger partial charge is 0.397 e. The Bertz CT molecular complexity index is 3910. The normalized spacial score (nSPS) is 12.4. The molecule has 84 heavy (non-hydrogen) atoms. The van der Waals surface area contributed by atoms with Crippen LogP contribution in [0.3, 0.4) is 0 Å². The molecule has 20 heteroatoms. The second-order valence-electron chi connectivity index (χ2n) is 18.4. The molecule has 2 aromatic heterocycles. The van der Waals surface area contributed by atoms with Gasteiger partial charge in [0, 0.05) is 60.2 Å². The maximum absolute atomic E-state index is 13.5. The van der Waals surface area contributed by atoms with Gasteiger partial charge in [-0.05, 0) is 107 Å². The van der Waals surface area contributed by atoms with E-state index in [1.54, 1.807) is 43.4 Å². The van der Waals surface area contributed by atoms with Crippen LogP contribution in [0.4, 0.5) is 37.7 Å². The smallest absolute Gasteiger partial charge is 0.263 e. The topological polar surface area (TPSA) is 198 Å². The van der Waals surface area contributed by atoms with Gasteiger partial charge in [-0.25, -0.2) is 26.3 Å². The van der Waals surface area contributed by atoms with Gasteiger partial charge in [-0.2, -0.15) is 0 Å². The Balaban J connectivity index is 0.000000207. The molecule has 0 unspecified atom stereocenters. The van der Waals surface area contributed by atoms with Crippen LogP contribution in [0, 0.1) is 34.9 Å². The van der Waals surface area contributed by atoms with Gasteiger partial charge in [0.2, 0.25) is 5.91 Å². The van der Waals surface area contributed by atoms with Gasteiger partial charge >= 0.3 is 0 Å². The van der Waals surface area contributed by atoms with Crippen molar-refractivity contribution >= 4 is 65.1 Å². The summed E-state index contributed by atoms with van der Waals surface area (Å²) in [6.07, 6.45) is 12.7. The van der Waals surface area contributed by atoms with Crippen molar-refractivity contribution in [3.63, 3.8) is 0 Å². The molecule has 14 nitrogen and oxygen atoms in total. The number of pyridine rings is 2. The molecule has 0 atom stereocenters. The molecule has 0 fully saturated rings. The molecule has 8 aromatic rings. The van der Waals surface area contributed by atoms with E-state index >= 15 is 0 Å². The molecule has 428 valence electrons. The number of carbonyl (C=O) groups is 5. The Morgan fingerprint density at radius 2 is 1.01 bits per heavy atom. The van der Waals surface area contributed by atoms with Gasteiger partial charge in [-0.3, -0.25) is 33.6 Å². The number of aldehydes is 1. The van der Waals surface area contributed by atoms with E-state index in [-0.39, 0.29) is 66.9 Å². The number of carbonyl (C=O) groups excluding carboxylic acids is 5. The first-order valence-corrected chi connectivity index (χ1v) is 25.8. The second kappa shape index (κ2) is 29.3. The highest BCUT2D eigenvalue weighted by atomic mass is 19.2. The van der Waals surface area contributed by atoms with Crippen LogP contribution in [0.5, 0.6) is 0 Å². The third kappa shape index (κ3) is 16.3. The van der Waals surface area contributed by atoms with Crippen LogP contribution >= 0.6 is 0 Å². The number of benzene rings is 6. The number of aliphatic hydroxyl groups excluding tert-OH is 1. The molecule has 2 aliphatic heterocycles. The Hall–Kier alpha value is -10.5. The van der Waals surface area contributed by atoms with Gasteiger partial charge in [-0.1, -0.05) is 109 Å². The van der Waals surface area contributed by atoms with E-state index in [0.29, 0.717) is 17.7 Å². The maximum Gasteiger partial charge on any atom is 0.263 e. The Morgan fingerprint density at radius 3 is 1.48 bits per heavy atom. The van der Waals surface area contributed by atoms with E-state index < -0.39 is 57.8 Å². The lowest BCUT2D eigenvalue weighted by atomic mass is 10.0. The summed E-state index contributed by atoms with van der Waals surface area (Å²) >= 11 is 0. The summed E-state index contributed by atoms with van der Waals surface area (Å²) in [4.78, 5) is 84.4. The van der Waals surface area contributed by atoms with Gasteiger partial charge in [0.05, 0.1) is 19.5 Å². The zero-order chi connectivity index (χ0) is 60.3. The first kappa shape index (κ1) is 61.2. The van der Waals surface area contributed by atoms with Crippen molar-refractivity contribution in [2.75, 3.05) is 30.3 Å². The quantitative estimate of drug-likeness (QED) is 0.0307. The number of amides is 4. The van der Waals surface area contributed by atoms with Crippen LogP contribution in [0.15, 0.2) is 180 Å². The molecular formula is C64H52F6N6O8. The number of anilines is 2. The molecule has 2 aliphatic rings. The van der Waals surface area contributed by atoms with E-state index in [9.17, 15) is 59.9 Å². The highest BCUT2D eigenvalue weighted by Gasteiger charge is 2.24. The number of nitrogens with one attached hydrogen (secondary N) is 4.